The molecule has 1 aromatic carbocycles. The molecule has 2 heteroatoms. The zero-order chi connectivity index (χ0) is 11.8. The first-order valence-electron chi connectivity index (χ1n) is 5.96. The largest absolute Gasteiger partial charge is 0.377 e. The maximum absolute atomic E-state index is 12.9. The molecule has 1 unspecified atom stereocenters. The first-order valence-corrected chi connectivity index (χ1v) is 5.96. The molecule has 0 amide bonds. The number of hydrogen-bond donors (Lipinski definition) is 0. The van der Waals surface area contributed by atoms with Gasteiger partial charge in [-0.15, -0.1) is 0 Å². The minimum absolute atomic E-state index is 0.157. The Kier molecular flexibility index (Phi) is 2.60. The molecule has 17 heavy (non-hydrogen) atoms. The monoisotopic (exact) mass is 230 g/mol. The zero-order valence-electron chi connectivity index (χ0n) is 9.77. The summed E-state index contributed by atoms with van der Waals surface area (Å²) in [4.78, 5) is 0. The fourth-order valence-corrected chi connectivity index (χ4v) is 2.82. The number of methoxy groups -OCH3 is 1. The summed E-state index contributed by atoms with van der Waals surface area (Å²) in [5.74, 6) is 0.791. The van der Waals surface area contributed by atoms with Gasteiger partial charge < -0.3 is 4.74 Å². The van der Waals surface area contributed by atoms with E-state index in [1.54, 1.807) is 7.11 Å². The maximum Gasteiger partial charge on any atom is 0.123 e. The Morgan fingerprint density at radius 3 is 2.65 bits per heavy atom. The Bertz CT molecular complexity index is 472. The van der Waals surface area contributed by atoms with Crippen LogP contribution in [0.2, 0.25) is 0 Å². The second-order valence-corrected chi connectivity index (χ2v) is 4.72. The Hall–Kier alpha value is -1.41. The van der Waals surface area contributed by atoms with E-state index in [1.165, 1.54) is 17.7 Å². The van der Waals surface area contributed by atoms with Gasteiger partial charge in [0.1, 0.15) is 5.82 Å². The third-order valence-corrected chi connectivity index (χ3v) is 3.73. The van der Waals surface area contributed by atoms with Gasteiger partial charge in [-0.25, -0.2) is 4.39 Å². The highest BCUT2D eigenvalue weighted by molar-refractivity contribution is 5.71. The van der Waals surface area contributed by atoms with Gasteiger partial charge >= 0.3 is 0 Å². The smallest absolute Gasteiger partial charge is 0.123 e. The van der Waals surface area contributed by atoms with Gasteiger partial charge in [-0.05, 0) is 29.7 Å². The molecule has 0 N–H and O–H groups in total. The van der Waals surface area contributed by atoms with Crippen molar-refractivity contribution in [3.05, 3.63) is 53.9 Å². The lowest BCUT2D eigenvalue weighted by Crippen LogP contribution is -2.23. The number of rotatable bonds is 2. The number of halogens is 1. The van der Waals surface area contributed by atoms with E-state index in [-0.39, 0.29) is 11.9 Å². The van der Waals surface area contributed by atoms with E-state index < -0.39 is 0 Å². The van der Waals surface area contributed by atoms with E-state index in [9.17, 15) is 4.39 Å². The first kappa shape index (κ1) is 10.7. The van der Waals surface area contributed by atoms with Crippen molar-refractivity contribution in [2.75, 3.05) is 7.11 Å². The number of fused-ring (bicyclic) bond motifs is 2. The van der Waals surface area contributed by atoms with E-state index >= 15 is 0 Å². The first-order chi connectivity index (χ1) is 8.28. The van der Waals surface area contributed by atoms with Gasteiger partial charge in [-0.2, -0.15) is 0 Å². The van der Waals surface area contributed by atoms with Crippen LogP contribution in [-0.4, -0.2) is 13.2 Å². The topological polar surface area (TPSA) is 9.23 Å². The number of ether oxygens (including phenoxy) is 1. The lowest BCUT2D eigenvalue weighted by Gasteiger charge is -2.27. The molecule has 2 aliphatic carbocycles. The molecule has 0 saturated heterocycles. The molecule has 0 aromatic heterocycles. The van der Waals surface area contributed by atoms with Crippen LogP contribution in [0.4, 0.5) is 4.39 Å². The highest BCUT2D eigenvalue weighted by atomic mass is 19.1. The Balaban J connectivity index is 1.99. The van der Waals surface area contributed by atoms with Crippen molar-refractivity contribution in [3.8, 4) is 0 Å². The van der Waals surface area contributed by atoms with Crippen LogP contribution in [0.5, 0.6) is 0 Å². The van der Waals surface area contributed by atoms with Crippen molar-refractivity contribution in [1.82, 2.24) is 0 Å². The summed E-state index contributed by atoms with van der Waals surface area (Å²) in [5.41, 5.74) is 2.37. The number of hydrogen-bond acceptors (Lipinski definition) is 1. The Morgan fingerprint density at radius 2 is 1.94 bits per heavy atom. The summed E-state index contributed by atoms with van der Waals surface area (Å²) in [6, 6.07) is 6.73. The van der Waals surface area contributed by atoms with Crippen LogP contribution in [0.1, 0.15) is 12.0 Å². The molecule has 2 bridgehead atoms. The summed E-state index contributed by atoms with van der Waals surface area (Å²) in [7, 11) is 1.75. The summed E-state index contributed by atoms with van der Waals surface area (Å²) in [6.45, 7) is 0. The van der Waals surface area contributed by atoms with Crippen molar-refractivity contribution in [2.45, 2.75) is 12.5 Å². The van der Waals surface area contributed by atoms with Gasteiger partial charge in [0, 0.05) is 18.9 Å². The van der Waals surface area contributed by atoms with Crippen LogP contribution in [0.25, 0.3) is 5.57 Å². The highest BCUT2D eigenvalue weighted by Gasteiger charge is 2.33. The summed E-state index contributed by atoms with van der Waals surface area (Å²) >= 11 is 0. The van der Waals surface area contributed by atoms with Crippen molar-refractivity contribution in [2.24, 2.45) is 11.8 Å². The number of allylic oxidation sites excluding steroid dienone is 2. The van der Waals surface area contributed by atoms with Gasteiger partial charge in [0.25, 0.3) is 0 Å². The average Bonchev–Trinajstić information content (AvgIpc) is 2.76. The van der Waals surface area contributed by atoms with Crippen molar-refractivity contribution >= 4 is 5.57 Å². The molecule has 88 valence electrons. The van der Waals surface area contributed by atoms with Crippen molar-refractivity contribution in [1.29, 1.82) is 0 Å². The molecule has 0 heterocycles. The lowest BCUT2D eigenvalue weighted by atomic mass is 9.82. The normalized spacial score (nSPS) is 30.5. The Labute approximate surface area is 101 Å². The van der Waals surface area contributed by atoms with Gasteiger partial charge in [0.15, 0.2) is 0 Å². The van der Waals surface area contributed by atoms with Gasteiger partial charge in [0.05, 0.1) is 6.10 Å². The van der Waals surface area contributed by atoms with E-state index in [4.69, 9.17) is 4.74 Å². The molecule has 3 rings (SSSR count). The van der Waals surface area contributed by atoms with E-state index in [2.05, 4.69) is 18.2 Å². The quantitative estimate of drug-likeness (QED) is 0.707. The fraction of sp³-hybridized carbons (Fsp3) is 0.333. The van der Waals surface area contributed by atoms with Gasteiger partial charge in [-0.3, -0.25) is 0 Å². The second-order valence-electron chi connectivity index (χ2n) is 4.72. The molecule has 2 aliphatic rings. The zero-order valence-corrected chi connectivity index (χ0v) is 9.77. The predicted octanol–water partition coefficient (Wildman–Crippen LogP) is 3.43. The summed E-state index contributed by atoms with van der Waals surface area (Å²) < 4.78 is 18.4. The molecule has 1 nitrogen and oxygen atoms in total. The molecular formula is C15H15FO. The van der Waals surface area contributed by atoms with Crippen molar-refractivity contribution in [3.63, 3.8) is 0 Å². The molecule has 0 saturated carbocycles. The SMILES string of the molecule is COC1C=C(c2ccc(F)cc2)[C@@H]2C=C[C@H]1C2. The average molecular weight is 230 g/mol. The minimum Gasteiger partial charge on any atom is -0.377 e. The molecular weight excluding hydrogens is 215 g/mol. The van der Waals surface area contributed by atoms with E-state index in [0.29, 0.717) is 11.8 Å². The molecule has 0 aliphatic heterocycles. The fourth-order valence-electron chi connectivity index (χ4n) is 2.82. The summed E-state index contributed by atoms with van der Waals surface area (Å²) in [5, 5.41) is 0. The van der Waals surface area contributed by atoms with Crippen LogP contribution < -0.4 is 0 Å². The van der Waals surface area contributed by atoms with Gasteiger partial charge in [0.2, 0.25) is 0 Å². The third-order valence-electron chi connectivity index (χ3n) is 3.73. The maximum atomic E-state index is 12.9. The van der Waals surface area contributed by atoms with Crippen LogP contribution in [0, 0.1) is 17.7 Å². The minimum atomic E-state index is -0.187. The molecule has 1 aromatic rings. The number of benzene rings is 1. The van der Waals surface area contributed by atoms with Gasteiger partial charge in [-0.1, -0.05) is 30.4 Å². The second kappa shape index (κ2) is 4.11. The molecule has 0 fully saturated rings. The van der Waals surface area contributed by atoms with Crippen LogP contribution in [-0.2, 0) is 4.74 Å². The Morgan fingerprint density at radius 1 is 1.18 bits per heavy atom. The summed E-state index contributed by atoms with van der Waals surface area (Å²) in [6.07, 6.45) is 7.95. The predicted molar refractivity (Wildman–Crippen MR) is 65.9 cm³/mol. The molecule has 0 spiro atoms. The molecule has 3 atom stereocenters. The van der Waals surface area contributed by atoms with E-state index in [0.717, 1.165) is 12.0 Å². The highest BCUT2D eigenvalue weighted by Crippen LogP contribution is 2.42. The van der Waals surface area contributed by atoms with Crippen LogP contribution in [0.3, 0.4) is 0 Å². The van der Waals surface area contributed by atoms with E-state index in [1.807, 2.05) is 12.1 Å². The third kappa shape index (κ3) is 1.83. The molecule has 0 radical (unpaired) electrons. The standard InChI is InChI=1S/C15H15FO/c1-17-15-9-14(11-2-3-12(15)8-11)10-4-6-13(16)7-5-10/h2-7,9,11-12,15H,8H2,1H3/t11-,12+,15?/m1/s1. The van der Waals surface area contributed by atoms with Crippen LogP contribution in [0.15, 0.2) is 42.5 Å². The van der Waals surface area contributed by atoms with Crippen LogP contribution >= 0.6 is 0 Å². The lowest BCUT2D eigenvalue weighted by molar-refractivity contribution is 0.101. The van der Waals surface area contributed by atoms with Crippen molar-refractivity contribution < 1.29 is 9.13 Å².